The van der Waals surface area contributed by atoms with Gasteiger partial charge in [0.15, 0.2) is 5.58 Å². The molecule has 6 nitrogen and oxygen atoms in total. The molecule has 0 radical (unpaired) electrons. The van der Waals surface area contributed by atoms with Gasteiger partial charge in [-0.25, -0.2) is 4.98 Å². The summed E-state index contributed by atoms with van der Waals surface area (Å²) in [5.41, 5.74) is 3.77. The monoisotopic (exact) mass is 324 g/mol. The predicted octanol–water partition coefficient (Wildman–Crippen LogP) is 2.28. The minimum atomic E-state index is -0.0643. The summed E-state index contributed by atoms with van der Waals surface area (Å²) in [6.45, 7) is 3.27. The van der Waals surface area contributed by atoms with Gasteiger partial charge in [0.05, 0.1) is 13.1 Å². The maximum Gasteiger partial charge on any atom is 0.234 e. The highest BCUT2D eigenvalue weighted by Gasteiger charge is 2.10. The molecule has 124 valence electrons. The van der Waals surface area contributed by atoms with E-state index in [9.17, 15) is 4.79 Å². The van der Waals surface area contributed by atoms with Crippen LogP contribution in [0.3, 0.4) is 0 Å². The number of aryl methyl sites for hydroxylation is 1. The van der Waals surface area contributed by atoms with Crippen molar-refractivity contribution in [3.63, 3.8) is 0 Å². The summed E-state index contributed by atoms with van der Waals surface area (Å²) in [7, 11) is 1.91. The molecule has 6 heteroatoms. The molecule has 24 heavy (non-hydrogen) atoms. The Kier molecular flexibility index (Phi) is 4.86. The number of benzene rings is 1. The van der Waals surface area contributed by atoms with Crippen molar-refractivity contribution in [1.29, 1.82) is 0 Å². The number of oxazole rings is 1. The number of aromatic nitrogens is 2. The summed E-state index contributed by atoms with van der Waals surface area (Å²) < 4.78 is 5.65. The molecule has 0 aliphatic carbocycles. The van der Waals surface area contributed by atoms with E-state index in [2.05, 4.69) is 15.3 Å². The Hall–Kier alpha value is -2.73. The number of carbonyl (C=O) groups is 1. The van der Waals surface area contributed by atoms with Crippen LogP contribution in [0.15, 0.2) is 47.1 Å². The third kappa shape index (κ3) is 3.97. The summed E-state index contributed by atoms with van der Waals surface area (Å²) in [5, 5.41) is 2.85. The molecule has 2 aromatic heterocycles. The first-order valence-electron chi connectivity index (χ1n) is 7.81. The van der Waals surface area contributed by atoms with E-state index in [0.717, 1.165) is 22.2 Å². The number of fused-ring (bicyclic) bond motifs is 1. The van der Waals surface area contributed by atoms with Crippen LogP contribution in [0.4, 0.5) is 0 Å². The third-order valence-electron chi connectivity index (χ3n) is 3.72. The fraction of sp³-hybridized carbons (Fsp3) is 0.278. The van der Waals surface area contributed by atoms with E-state index in [1.54, 1.807) is 12.4 Å². The molecular formula is C18H20N4O2. The molecule has 0 spiro atoms. The number of carbonyl (C=O) groups excluding carboxylic acids is 1. The molecule has 3 rings (SSSR count). The molecule has 2 heterocycles. The van der Waals surface area contributed by atoms with Crippen LogP contribution in [-0.2, 0) is 17.9 Å². The second-order valence-electron chi connectivity index (χ2n) is 5.83. The first kappa shape index (κ1) is 16.1. The normalized spacial score (nSPS) is 11.1. The lowest BCUT2D eigenvalue weighted by Crippen LogP contribution is -2.34. The highest BCUT2D eigenvalue weighted by molar-refractivity contribution is 5.78. The topological polar surface area (TPSA) is 71.3 Å². The molecule has 0 bridgehead atoms. The Morgan fingerprint density at radius 2 is 2.04 bits per heavy atom. The van der Waals surface area contributed by atoms with Gasteiger partial charge in [-0.05, 0) is 43.3 Å². The number of hydrogen-bond acceptors (Lipinski definition) is 5. The first-order valence-corrected chi connectivity index (χ1v) is 7.81. The van der Waals surface area contributed by atoms with Crippen LogP contribution < -0.4 is 5.32 Å². The molecule has 0 aliphatic rings. The van der Waals surface area contributed by atoms with Crippen molar-refractivity contribution in [2.75, 3.05) is 13.6 Å². The zero-order chi connectivity index (χ0) is 16.9. The summed E-state index contributed by atoms with van der Waals surface area (Å²) in [4.78, 5) is 22.4. The number of nitrogens with one attached hydrogen (secondary N) is 1. The molecule has 0 atom stereocenters. The van der Waals surface area contributed by atoms with Crippen molar-refractivity contribution >= 4 is 17.0 Å². The fourth-order valence-corrected chi connectivity index (χ4v) is 2.54. The van der Waals surface area contributed by atoms with E-state index in [1.165, 1.54) is 0 Å². The molecule has 1 aromatic carbocycles. The second kappa shape index (κ2) is 7.23. The maximum atomic E-state index is 12.1. The van der Waals surface area contributed by atoms with E-state index in [4.69, 9.17) is 4.42 Å². The van der Waals surface area contributed by atoms with Crippen LogP contribution >= 0.6 is 0 Å². The van der Waals surface area contributed by atoms with E-state index in [0.29, 0.717) is 19.0 Å². The van der Waals surface area contributed by atoms with Crippen LogP contribution in [0, 0.1) is 6.92 Å². The largest absolute Gasteiger partial charge is 0.439 e. The molecule has 0 saturated heterocycles. The van der Waals surface area contributed by atoms with Crippen LogP contribution in [0.5, 0.6) is 0 Å². The number of para-hydroxylation sites is 1. The van der Waals surface area contributed by atoms with Gasteiger partial charge in [0.2, 0.25) is 11.8 Å². The predicted molar refractivity (Wildman–Crippen MR) is 91.2 cm³/mol. The van der Waals surface area contributed by atoms with E-state index < -0.39 is 0 Å². The van der Waals surface area contributed by atoms with Gasteiger partial charge in [0.25, 0.3) is 0 Å². The van der Waals surface area contributed by atoms with E-state index >= 15 is 0 Å². The number of nitrogens with zero attached hydrogens (tertiary/aromatic N) is 3. The lowest BCUT2D eigenvalue weighted by molar-refractivity contribution is -0.122. The Bertz CT molecular complexity index is 829. The molecule has 1 amide bonds. The van der Waals surface area contributed by atoms with Crippen LogP contribution in [0.1, 0.15) is 17.0 Å². The van der Waals surface area contributed by atoms with Gasteiger partial charge in [-0.15, -0.1) is 0 Å². The minimum Gasteiger partial charge on any atom is -0.439 e. The number of amides is 1. The zero-order valence-electron chi connectivity index (χ0n) is 13.8. The number of pyridine rings is 1. The Morgan fingerprint density at radius 1 is 1.25 bits per heavy atom. The highest BCUT2D eigenvalue weighted by Crippen LogP contribution is 2.18. The van der Waals surface area contributed by atoms with Gasteiger partial charge >= 0.3 is 0 Å². The van der Waals surface area contributed by atoms with E-state index in [-0.39, 0.29) is 12.5 Å². The van der Waals surface area contributed by atoms with Gasteiger partial charge < -0.3 is 9.73 Å². The van der Waals surface area contributed by atoms with Crippen LogP contribution in [0.25, 0.3) is 11.1 Å². The van der Waals surface area contributed by atoms with Crippen molar-refractivity contribution in [3.05, 3.63) is 59.7 Å². The number of likely N-dealkylation sites (N-methyl/N-ethyl adjacent to an activating group) is 1. The van der Waals surface area contributed by atoms with Crippen molar-refractivity contribution in [2.24, 2.45) is 0 Å². The lowest BCUT2D eigenvalue weighted by Gasteiger charge is -2.15. The first-order chi connectivity index (χ1) is 11.6. The van der Waals surface area contributed by atoms with E-state index in [1.807, 2.05) is 49.2 Å². The molecular weight excluding hydrogens is 304 g/mol. The summed E-state index contributed by atoms with van der Waals surface area (Å²) in [6.07, 6.45) is 3.50. The summed E-state index contributed by atoms with van der Waals surface area (Å²) >= 11 is 0. The highest BCUT2D eigenvalue weighted by atomic mass is 16.3. The molecule has 0 saturated carbocycles. The van der Waals surface area contributed by atoms with Gasteiger partial charge in [0.1, 0.15) is 5.52 Å². The zero-order valence-corrected chi connectivity index (χ0v) is 13.8. The SMILES string of the molecule is Cc1cccc2oc(CNC(=O)CN(C)Cc3ccncc3)nc12. The standard InChI is InChI=1S/C18H20N4O2/c1-13-4-3-5-15-18(13)21-17(24-15)10-20-16(23)12-22(2)11-14-6-8-19-9-7-14/h3-9H,10-12H2,1-2H3,(H,20,23). The Labute approximate surface area is 140 Å². The molecule has 0 aliphatic heterocycles. The van der Waals surface area contributed by atoms with Crippen molar-refractivity contribution < 1.29 is 9.21 Å². The molecule has 0 fully saturated rings. The fourth-order valence-electron chi connectivity index (χ4n) is 2.54. The Morgan fingerprint density at radius 3 is 2.79 bits per heavy atom. The number of rotatable bonds is 6. The summed E-state index contributed by atoms with van der Waals surface area (Å²) in [6, 6.07) is 9.67. The average Bonchev–Trinajstić information content (AvgIpc) is 2.98. The average molecular weight is 324 g/mol. The third-order valence-corrected chi connectivity index (χ3v) is 3.72. The number of hydrogen-bond donors (Lipinski definition) is 1. The van der Waals surface area contributed by atoms with Crippen LogP contribution in [0.2, 0.25) is 0 Å². The quantitative estimate of drug-likeness (QED) is 0.753. The van der Waals surface area contributed by atoms with Gasteiger partial charge in [0, 0.05) is 18.9 Å². The Balaban J connectivity index is 1.52. The van der Waals surface area contributed by atoms with Crippen molar-refractivity contribution in [3.8, 4) is 0 Å². The van der Waals surface area contributed by atoms with Gasteiger partial charge in [-0.2, -0.15) is 0 Å². The lowest BCUT2D eigenvalue weighted by atomic mass is 10.2. The summed E-state index contributed by atoms with van der Waals surface area (Å²) in [5.74, 6) is 0.454. The van der Waals surface area contributed by atoms with Gasteiger partial charge in [-0.3, -0.25) is 14.7 Å². The maximum absolute atomic E-state index is 12.1. The van der Waals surface area contributed by atoms with Crippen molar-refractivity contribution in [2.45, 2.75) is 20.0 Å². The molecule has 3 aromatic rings. The van der Waals surface area contributed by atoms with Crippen molar-refractivity contribution in [1.82, 2.24) is 20.2 Å². The molecule has 0 unspecified atom stereocenters. The smallest absolute Gasteiger partial charge is 0.234 e. The minimum absolute atomic E-state index is 0.0643. The molecule has 1 N–H and O–H groups in total. The van der Waals surface area contributed by atoms with Crippen LogP contribution in [-0.4, -0.2) is 34.4 Å². The second-order valence-corrected chi connectivity index (χ2v) is 5.83. The van der Waals surface area contributed by atoms with Gasteiger partial charge in [-0.1, -0.05) is 12.1 Å².